The van der Waals surface area contributed by atoms with Gasteiger partial charge in [0.2, 0.25) is 5.91 Å². The van der Waals surface area contributed by atoms with E-state index in [0.717, 1.165) is 18.4 Å². The number of carbonyl (C=O) groups excluding carboxylic acids is 1. The molecule has 1 aromatic rings. The van der Waals surface area contributed by atoms with Crippen LogP contribution in [-0.2, 0) is 30.2 Å². The number of rotatable bonds is 10. The van der Waals surface area contributed by atoms with E-state index in [-0.39, 0.29) is 31.6 Å². The lowest BCUT2D eigenvalue weighted by atomic mass is 10.1. The molecule has 2 atom stereocenters. The van der Waals surface area contributed by atoms with Crippen LogP contribution in [0.1, 0.15) is 18.4 Å². The molecule has 134 valence electrons. The Labute approximate surface area is 143 Å². The first-order valence-corrected chi connectivity index (χ1v) is 8.24. The molecule has 0 N–H and O–H groups in total. The monoisotopic (exact) mass is 337 g/mol. The Balaban J connectivity index is 1.99. The zero-order chi connectivity index (χ0) is 17.2. The van der Waals surface area contributed by atoms with Crippen molar-refractivity contribution in [1.29, 1.82) is 0 Å². The average Bonchev–Trinajstić information content (AvgIpc) is 2.99. The highest BCUT2D eigenvalue weighted by atomic mass is 16.7. The number of hydrogen-bond donors (Lipinski definition) is 0. The molecule has 0 spiro atoms. The van der Waals surface area contributed by atoms with Gasteiger partial charge in [0.25, 0.3) is 0 Å². The van der Waals surface area contributed by atoms with Crippen LogP contribution in [0.5, 0.6) is 0 Å². The van der Waals surface area contributed by atoms with Crippen LogP contribution in [0, 0.1) is 0 Å². The Morgan fingerprint density at radius 2 is 1.54 bits per heavy atom. The standard InChI is InChI=1S/C18H27NO5/c1-21-13-23-11-16-8-9-17(12-24-14-22-2)19(16)18(20)10-15-6-4-3-5-7-15/h3-7,16-17H,8-14H2,1-2H3/t16-,17-/m1/s1. The van der Waals surface area contributed by atoms with E-state index in [1.165, 1.54) is 0 Å². The number of likely N-dealkylation sites (tertiary alicyclic amines) is 1. The predicted molar refractivity (Wildman–Crippen MR) is 89.5 cm³/mol. The molecular weight excluding hydrogens is 310 g/mol. The van der Waals surface area contributed by atoms with Gasteiger partial charge in [-0.05, 0) is 18.4 Å². The van der Waals surface area contributed by atoms with Crippen molar-refractivity contribution >= 4 is 5.91 Å². The zero-order valence-corrected chi connectivity index (χ0v) is 14.5. The maximum Gasteiger partial charge on any atom is 0.227 e. The Kier molecular flexibility index (Phi) is 8.18. The third-order valence-electron chi connectivity index (χ3n) is 4.13. The van der Waals surface area contributed by atoms with E-state index < -0.39 is 0 Å². The first-order chi connectivity index (χ1) is 11.8. The summed E-state index contributed by atoms with van der Waals surface area (Å²) in [6, 6.07) is 9.92. The zero-order valence-electron chi connectivity index (χ0n) is 14.5. The Morgan fingerprint density at radius 3 is 2.04 bits per heavy atom. The molecule has 1 fully saturated rings. The number of carbonyl (C=O) groups is 1. The lowest BCUT2D eigenvalue weighted by Crippen LogP contribution is -2.46. The van der Waals surface area contributed by atoms with Crippen molar-refractivity contribution in [2.75, 3.05) is 41.0 Å². The van der Waals surface area contributed by atoms with Crippen molar-refractivity contribution in [1.82, 2.24) is 4.90 Å². The molecule has 1 amide bonds. The van der Waals surface area contributed by atoms with Gasteiger partial charge in [-0.25, -0.2) is 0 Å². The summed E-state index contributed by atoms with van der Waals surface area (Å²) in [5.74, 6) is 0.107. The molecule has 1 heterocycles. The summed E-state index contributed by atoms with van der Waals surface area (Å²) in [6.45, 7) is 1.44. The number of benzene rings is 1. The highest BCUT2D eigenvalue weighted by Crippen LogP contribution is 2.26. The summed E-state index contributed by atoms with van der Waals surface area (Å²) in [4.78, 5) is 14.8. The Hall–Kier alpha value is -1.47. The van der Waals surface area contributed by atoms with E-state index >= 15 is 0 Å². The van der Waals surface area contributed by atoms with Crippen molar-refractivity contribution in [3.63, 3.8) is 0 Å². The van der Waals surface area contributed by atoms with Crippen LogP contribution in [-0.4, -0.2) is 63.9 Å². The molecule has 6 nitrogen and oxygen atoms in total. The topological polar surface area (TPSA) is 57.2 Å². The van der Waals surface area contributed by atoms with Crippen molar-refractivity contribution < 1.29 is 23.7 Å². The summed E-state index contributed by atoms with van der Waals surface area (Å²) >= 11 is 0. The third kappa shape index (κ3) is 5.56. The van der Waals surface area contributed by atoms with E-state index in [1.54, 1.807) is 14.2 Å². The molecule has 1 aliphatic heterocycles. The number of nitrogens with zero attached hydrogens (tertiary/aromatic N) is 1. The summed E-state index contributed by atoms with van der Waals surface area (Å²) in [5.41, 5.74) is 1.02. The van der Waals surface area contributed by atoms with E-state index in [2.05, 4.69) is 0 Å². The lowest BCUT2D eigenvalue weighted by molar-refractivity contribution is -0.138. The molecule has 2 rings (SSSR count). The van der Waals surface area contributed by atoms with Gasteiger partial charge in [0.05, 0.1) is 31.7 Å². The first kappa shape index (κ1) is 18.9. The fourth-order valence-corrected chi connectivity index (χ4v) is 3.09. The second-order valence-electron chi connectivity index (χ2n) is 5.90. The number of ether oxygens (including phenoxy) is 4. The summed E-state index contributed by atoms with van der Waals surface area (Å²) in [5, 5.41) is 0. The van der Waals surface area contributed by atoms with Crippen LogP contribution in [0.25, 0.3) is 0 Å². The van der Waals surface area contributed by atoms with Gasteiger partial charge in [0.1, 0.15) is 13.6 Å². The lowest BCUT2D eigenvalue weighted by Gasteiger charge is -2.30. The van der Waals surface area contributed by atoms with Gasteiger partial charge in [0.15, 0.2) is 0 Å². The highest BCUT2D eigenvalue weighted by Gasteiger charge is 2.36. The summed E-state index contributed by atoms with van der Waals surface area (Å²) in [6.07, 6.45) is 2.21. The van der Waals surface area contributed by atoms with E-state index in [1.807, 2.05) is 35.2 Å². The van der Waals surface area contributed by atoms with Gasteiger partial charge in [-0.3, -0.25) is 4.79 Å². The van der Waals surface area contributed by atoms with Crippen LogP contribution in [0.3, 0.4) is 0 Å². The number of amides is 1. The van der Waals surface area contributed by atoms with Crippen LogP contribution >= 0.6 is 0 Å². The van der Waals surface area contributed by atoms with E-state index in [0.29, 0.717) is 19.6 Å². The number of methoxy groups -OCH3 is 2. The van der Waals surface area contributed by atoms with Gasteiger partial charge >= 0.3 is 0 Å². The van der Waals surface area contributed by atoms with Crippen molar-refractivity contribution in [2.24, 2.45) is 0 Å². The quantitative estimate of drug-likeness (QED) is 0.482. The Morgan fingerprint density at radius 1 is 1.00 bits per heavy atom. The largest absolute Gasteiger partial charge is 0.359 e. The molecule has 6 heteroatoms. The molecule has 0 saturated carbocycles. The molecule has 0 unspecified atom stereocenters. The minimum Gasteiger partial charge on any atom is -0.359 e. The van der Waals surface area contributed by atoms with Gasteiger partial charge < -0.3 is 23.8 Å². The fraction of sp³-hybridized carbons (Fsp3) is 0.611. The maximum atomic E-state index is 12.9. The number of hydrogen-bond acceptors (Lipinski definition) is 5. The van der Waals surface area contributed by atoms with Crippen LogP contribution < -0.4 is 0 Å². The molecular formula is C18H27NO5. The molecule has 0 aliphatic carbocycles. The molecule has 0 bridgehead atoms. The van der Waals surface area contributed by atoms with Crippen LogP contribution in [0.15, 0.2) is 30.3 Å². The van der Waals surface area contributed by atoms with Crippen LogP contribution in [0.4, 0.5) is 0 Å². The summed E-state index contributed by atoms with van der Waals surface area (Å²) < 4.78 is 20.8. The minimum atomic E-state index is 0.0625. The van der Waals surface area contributed by atoms with Gasteiger partial charge in [-0.15, -0.1) is 0 Å². The van der Waals surface area contributed by atoms with Crippen LogP contribution in [0.2, 0.25) is 0 Å². The molecule has 1 saturated heterocycles. The molecule has 1 aliphatic rings. The first-order valence-electron chi connectivity index (χ1n) is 8.24. The predicted octanol–water partition coefficient (Wildman–Crippen LogP) is 1.83. The van der Waals surface area contributed by atoms with E-state index in [4.69, 9.17) is 18.9 Å². The average molecular weight is 337 g/mol. The molecule has 24 heavy (non-hydrogen) atoms. The molecule has 1 aromatic carbocycles. The van der Waals surface area contributed by atoms with Gasteiger partial charge in [-0.2, -0.15) is 0 Å². The third-order valence-corrected chi connectivity index (χ3v) is 4.13. The maximum absolute atomic E-state index is 12.9. The van der Waals surface area contributed by atoms with Gasteiger partial charge in [-0.1, -0.05) is 30.3 Å². The van der Waals surface area contributed by atoms with E-state index in [9.17, 15) is 4.79 Å². The summed E-state index contributed by atoms with van der Waals surface area (Å²) in [7, 11) is 3.18. The molecule has 0 radical (unpaired) electrons. The highest BCUT2D eigenvalue weighted by molar-refractivity contribution is 5.79. The minimum absolute atomic E-state index is 0.0625. The van der Waals surface area contributed by atoms with Crippen molar-refractivity contribution in [3.8, 4) is 0 Å². The second-order valence-corrected chi connectivity index (χ2v) is 5.90. The molecule has 0 aromatic heterocycles. The van der Waals surface area contributed by atoms with Gasteiger partial charge in [0, 0.05) is 14.2 Å². The van der Waals surface area contributed by atoms with Crippen molar-refractivity contribution in [3.05, 3.63) is 35.9 Å². The Bertz CT molecular complexity index is 464. The smallest absolute Gasteiger partial charge is 0.227 e. The fourth-order valence-electron chi connectivity index (χ4n) is 3.09. The second kappa shape index (κ2) is 10.4. The SMILES string of the molecule is COCOC[C@H]1CC[C@H](COCOC)N1C(=O)Cc1ccccc1. The normalized spacial score (nSPS) is 20.5. The van der Waals surface area contributed by atoms with Crippen molar-refractivity contribution in [2.45, 2.75) is 31.3 Å².